The van der Waals surface area contributed by atoms with E-state index in [1.807, 2.05) is 30.5 Å². The van der Waals surface area contributed by atoms with Crippen LogP contribution in [0.5, 0.6) is 0 Å². The van der Waals surface area contributed by atoms with Crippen LogP contribution in [0.25, 0.3) is 10.9 Å². The number of halogens is 1. The fourth-order valence-corrected chi connectivity index (χ4v) is 3.36. The van der Waals surface area contributed by atoms with Gasteiger partial charge in [0.1, 0.15) is 5.82 Å². The lowest BCUT2D eigenvalue weighted by molar-refractivity contribution is -0.118. The van der Waals surface area contributed by atoms with Gasteiger partial charge in [-0.3, -0.25) is 4.79 Å². The number of amides is 1. The predicted molar refractivity (Wildman–Crippen MR) is 90.3 cm³/mol. The van der Waals surface area contributed by atoms with Gasteiger partial charge in [0.2, 0.25) is 5.91 Å². The number of aliphatic hydroxyl groups excluding tert-OH is 1. The van der Waals surface area contributed by atoms with Gasteiger partial charge in [-0.2, -0.15) is 0 Å². The van der Waals surface area contributed by atoms with E-state index < -0.39 is 11.9 Å². The number of aromatic nitrogens is 1. The van der Waals surface area contributed by atoms with Gasteiger partial charge in [0, 0.05) is 34.9 Å². The lowest BCUT2D eigenvalue weighted by atomic mass is 9.98. The largest absolute Gasteiger partial charge is 0.388 e. The molecule has 1 aliphatic heterocycles. The van der Waals surface area contributed by atoms with Crippen molar-refractivity contribution in [3.63, 3.8) is 0 Å². The summed E-state index contributed by atoms with van der Waals surface area (Å²) in [4.78, 5) is 17.6. The fraction of sp³-hybridized carbons (Fsp3) is 0.211. The van der Waals surface area contributed by atoms with Crippen LogP contribution in [0.4, 0.5) is 10.1 Å². The van der Waals surface area contributed by atoms with Crippen LogP contribution in [0, 0.1) is 5.82 Å². The number of H-pyrrole nitrogens is 1. The van der Waals surface area contributed by atoms with Crippen molar-refractivity contribution in [2.45, 2.75) is 18.9 Å². The second-order valence-electron chi connectivity index (χ2n) is 6.09. The average Bonchev–Trinajstić information content (AvgIpc) is 2.99. The number of carbonyl (C=O) groups is 1. The van der Waals surface area contributed by atoms with E-state index in [-0.39, 0.29) is 12.3 Å². The molecule has 4 rings (SSSR count). The minimum absolute atomic E-state index is 0.0560. The monoisotopic (exact) mass is 324 g/mol. The maximum atomic E-state index is 13.5. The van der Waals surface area contributed by atoms with Crippen LogP contribution in [0.2, 0.25) is 0 Å². The molecule has 1 atom stereocenters. The van der Waals surface area contributed by atoms with E-state index in [1.54, 1.807) is 11.0 Å². The van der Waals surface area contributed by atoms with E-state index in [1.165, 1.54) is 12.1 Å². The Balaban J connectivity index is 1.65. The summed E-state index contributed by atoms with van der Waals surface area (Å²) in [5.41, 5.74) is 3.01. The molecule has 0 bridgehead atoms. The van der Waals surface area contributed by atoms with E-state index in [9.17, 15) is 14.3 Å². The highest BCUT2D eigenvalue weighted by atomic mass is 19.1. The average molecular weight is 324 g/mol. The summed E-state index contributed by atoms with van der Waals surface area (Å²) in [6.07, 6.45) is 1.80. The van der Waals surface area contributed by atoms with Gasteiger partial charge in [-0.15, -0.1) is 0 Å². The Bertz CT molecular complexity index is 919. The first-order valence-corrected chi connectivity index (χ1v) is 7.96. The molecule has 0 spiro atoms. The minimum Gasteiger partial charge on any atom is -0.388 e. The lowest BCUT2D eigenvalue weighted by Gasteiger charge is -2.32. The number of hydrogen-bond acceptors (Lipinski definition) is 2. The molecule has 1 aromatic heterocycles. The number of hydrogen-bond donors (Lipinski definition) is 2. The molecule has 4 nitrogen and oxygen atoms in total. The number of nitrogens with zero attached hydrogens (tertiary/aromatic N) is 1. The molecule has 0 radical (unpaired) electrons. The van der Waals surface area contributed by atoms with Crippen LogP contribution < -0.4 is 4.90 Å². The quantitative estimate of drug-likeness (QED) is 0.760. The SMILES string of the molecule is O=C(Cc1c[nH]c2ccccc12)N1CCC(O)c2cc(F)ccc21. The topological polar surface area (TPSA) is 56.3 Å². The van der Waals surface area contributed by atoms with Gasteiger partial charge < -0.3 is 15.0 Å². The maximum absolute atomic E-state index is 13.5. The number of aromatic amines is 1. The Morgan fingerprint density at radius 1 is 1.29 bits per heavy atom. The van der Waals surface area contributed by atoms with Gasteiger partial charge in [0.15, 0.2) is 0 Å². The maximum Gasteiger partial charge on any atom is 0.231 e. The molecule has 0 fully saturated rings. The lowest BCUT2D eigenvalue weighted by Crippen LogP contribution is -2.37. The summed E-state index contributed by atoms with van der Waals surface area (Å²) in [5.74, 6) is -0.460. The van der Waals surface area contributed by atoms with E-state index in [0.29, 0.717) is 24.2 Å². The smallest absolute Gasteiger partial charge is 0.231 e. The van der Waals surface area contributed by atoms with Crippen molar-refractivity contribution >= 4 is 22.5 Å². The van der Waals surface area contributed by atoms with Crippen LogP contribution in [0.1, 0.15) is 23.7 Å². The molecule has 2 N–H and O–H groups in total. The number of anilines is 1. The molecule has 2 heterocycles. The first-order chi connectivity index (χ1) is 11.6. The second kappa shape index (κ2) is 5.76. The number of fused-ring (bicyclic) bond motifs is 2. The highest BCUT2D eigenvalue weighted by molar-refractivity contribution is 5.98. The third kappa shape index (κ3) is 2.47. The fourth-order valence-electron chi connectivity index (χ4n) is 3.36. The molecule has 122 valence electrons. The van der Waals surface area contributed by atoms with Crippen LogP contribution in [-0.2, 0) is 11.2 Å². The van der Waals surface area contributed by atoms with Gasteiger partial charge >= 0.3 is 0 Å². The van der Waals surface area contributed by atoms with Crippen LogP contribution in [0.3, 0.4) is 0 Å². The van der Waals surface area contributed by atoms with Crippen molar-refractivity contribution in [1.82, 2.24) is 4.98 Å². The molecule has 1 aliphatic rings. The third-order valence-corrected chi connectivity index (χ3v) is 4.58. The number of para-hydroxylation sites is 1. The molecule has 0 aliphatic carbocycles. The number of benzene rings is 2. The summed E-state index contributed by atoms with van der Waals surface area (Å²) in [5, 5.41) is 11.1. The van der Waals surface area contributed by atoms with Gasteiger partial charge in [-0.25, -0.2) is 4.39 Å². The van der Waals surface area contributed by atoms with E-state index >= 15 is 0 Å². The van der Waals surface area contributed by atoms with Crippen molar-refractivity contribution in [2.24, 2.45) is 0 Å². The van der Waals surface area contributed by atoms with Crippen LogP contribution in [-0.4, -0.2) is 22.5 Å². The summed E-state index contributed by atoms with van der Waals surface area (Å²) >= 11 is 0. The molecule has 24 heavy (non-hydrogen) atoms. The molecule has 0 saturated heterocycles. The first-order valence-electron chi connectivity index (χ1n) is 7.96. The number of nitrogens with one attached hydrogen (secondary N) is 1. The summed E-state index contributed by atoms with van der Waals surface area (Å²) in [6.45, 7) is 0.432. The van der Waals surface area contributed by atoms with Crippen molar-refractivity contribution < 1.29 is 14.3 Å². The number of carbonyl (C=O) groups excluding carboxylic acids is 1. The molecule has 3 aromatic rings. The Morgan fingerprint density at radius 3 is 3.00 bits per heavy atom. The molecular weight excluding hydrogens is 307 g/mol. The summed E-state index contributed by atoms with van der Waals surface area (Å²) in [6, 6.07) is 12.0. The Labute approximate surface area is 138 Å². The van der Waals surface area contributed by atoms with Gasteiger partial charge in [0.05, 0.1) is 12.5 Å². The Morgan fingerprint density at radius 2 is 2.12 bits per heavy atom. The van der Waals surface area contributed by atoms with Gasteiger partial charge in [-0.05, 0) is 36.2 Å². The molecule has 5 heteroatoms. The van der Waals surface area contributed by atoms with E-state index in [4.69, 9.17) is 0 Å². The third-order valence-electron chi connectivity index (χ3n) is 4.58. The highest BCUT2D eigenvalue weighted by Gasteiger charge is 2.28. The highest BCUT2D eigenvalue weighted by Crippen LogP contribution is 2.34. The second-order valence-corrected chi connectivity index (χ2v) is 6.09. The van der Waals surface area contributed by atoms with Crippen molar-refractivity contribution in [3.05, 3.63) is 65.6 Å². The molecular formula is C19H17FN2O2. The zero-order valence-corrected chi connectivity index (χ0v) is 13.0. The zero-order chi connectivity index (χ0) is 16.7. The van der Waals surface area contributed by atoms with E-state index in [0.717, 1.165) is 16.5 Å². The van der Waals surface area contributed by atoms with E-state index in [2.05, 4.69) is 4.98 Å². The van der Waals surface area contributed by atoms with Crippen molar-refractivity contribution in [2.75, 3.05) is 11.4 Å². The summed E-state index contributed by atoms with van der Waals surface area (Å²) in [7, 11) is 0. The standard InChI is InChI=1S/C19H17FN2O2/c20-13-5-6-17-15(10-13)18(23)7-8-22(17)19(24)9-12-11-21-16-4-2-1-3-14(12)16/h1-6,10-11,18,21,23H,7-9H2. The van der Waals surface area contributed by atoms with Gasteiger partial charge in [-0.1, -0.05) is 18.2 Å². The number of aliphatic hydroxyl groups is 1. The normalized spacial score (nSPS) is 17.1. The summed E-state index contributed by atoms with van der Waals surface area (Å²) < 4.78 is 13.5. The van der Waals surface area contributed by atoms with Gasteiger partial charge in [0.25, 0.3) is 0 Å². The first kappa shape index (κ1) is 14.9. The predicted octanol–water partition coefficient (Wildman–Crippen LogP) is 3.32. The van der Waals surface area contributed by atoms with Crippen molar-refractivity contribution in [3.8, 4) is 0 Å². The molecule has 1 amide bonds. The van der Waals surface area contributed by atoms with Crippen LogP contribution >= 0.6 is 0 Å². The Hall–Kier alpha value is -2.66. The Kier molecular flexibility index (Phi) is 3.58. The molecule has 1 unspecified atom stereocenters. The van der Waals surface area contributed by atoms with Crippen LogP contribution in [0.15, 0.2) is 48.7 Å². The van der Waals surface area contributed by atoms with Crippen molar-refractivity contribution in [1.29, 1.82) is 0 Å². The zero-order valence-electron chi connectivity index (χ0n) is 13.0. The minimum atomic E-state index is -0.729. The molecule has 2 aromatic carbocycles. The number of rotatable bonds is 2. The molecule has 0 saturated carbocycles.